The highest BCUT2D eigenvalue weighted by Crippen LogP contribution is 2.38. The zero-order valence-electron chi connectivity index (χ0n) is 46.7. The van der Waals surface area contributed by atoms with Gasteiger partial charge in [0, 0.05) is 13.0 Å². The van der Waals surface area contributed by atoms with Gasteiger partial charge in [-0.25, -0.2) is 0 Å². The smallest absolute Gasteiger partial charge is 0.306 e. The van der Waals surface area contributed by atoms with Crippen molar-refractivity contribution in [3.05, 3.63) is 60.8 Å². The molecule has 0 aromatic rings. The Bertz CT molecular complexity index is 1300. The van der Waals surface area contributed by atoms with Gasteiger partial charge in [0.25, 0.3) is 7.82 Å². The van der Waals surface area contributed by atoms with Crippen molar-refractivity contribution >= 4 is 13.8 Å². The number of phosphoric acid groups is 1. The minimum atomic E-state index is -4.54. The summed E-state index contributed by atoms with van der Waals surface area (Å²) in [6.07, 6.45) is 69.8. The van der Waals surface area contributed by atoms with Gasteiger partial charge in [0.15, 0.2) is 0 Å². The van der Waals surface area contributed by atoms with Crippen molar-refractivity contribution in [3.63, 3.8) is 0 Å². The zero-order valence-corrected chi connectivity index (χ0v) is 47.6. The van der Waals surface area contributed by atoms with E-state index in [2.05, 4.69) is 74.6 Å². The lowest BCUT2D eigenvalue weighted by molar-refractivity contribution is -0.870. The Morgan fingerprint density at radius 1 is 0.457 bits per heavy atom. The number of unbranched alkanes of at least 4 members (excludes halogenated alkanes) is 31. The first-order valence-corrected chi connectivity index (χ1v) is 31.0. The first-order chi connectivity index (χ1) is 34.1. The van der Waals surface area contributed by atoms with Gasteiger partial charge < -0.3 is 27.9 Å². The Labute approximate surface area is 434 Å². The molecule has 0 radical (unpaired) electrons. The molecule has 9 heteroatoms. The summed E-state index contributed by atoms with van der Waals surface area (Å²) in [5.74, 6) is -0.342. The number of hydrogen-bond donors (Lipinski definition) is 0. The predicted octanol–water partition coefficient (Wildman–Crippen LogP) is 18.2. The van der Waals surface area contributed by atoms with Gasteiger partial charge in [0.2, 0.25) is 0 Å². The van der Waals surface area contributed by atoms with Crippen LogP contribution in [0.5, 0.6) is 0 Å². The van der Waals surface area contributed by atoms with E-state index in [0.717, 1.165) is 77.0 Å². The highest BCUT2D eigenvalue weighted by atomic mass is 31.2. The van der Waals surface area contributed by atoms with E-state index in [1.165, 1.54) is 167 Å². The molecule has 0 aromatic heterocycles. The number of carbonyl (C=O) groups is 1. The van der Waals surface area contributed by atoms with E-state index in [-0.39, 0.29) is 25.8 Å². The quantitative estimate of drug-likeness (QED) is 0.0197. The van der Waals surface area contributed by atoms with Crippen molar-refractivity contribution < 1.29 is 37.3 Å². The van der Waals surface area contributed by atoms with Gasteiger partial charge >= 0.3 is 5.97 Å². The molecule has 0 aliphatic carbocycles. The SMILES string of the molecule is CC/C=C\C/C=C\C/C=C\C/C=C\C/C=C\CCCCCCCCCC(=O)OC(COCCCCCCCCCCCCCCCCCCCCCCCCCCC)COP(=O)([O-])OCC[N+](C)(C)C. The number of ether oxygens (including phenoxy) is 2. The van der Waals surface area contributed by atoms with Crippen LogP contribution in [0.2, 0.25) is 0 Å². The Morgan fingerprint density at radius 3 is 1.24 bits per heavy atom. The lowest BCUT2D eigenvalue weighted by Crippen LogP contribution is -2.37. The summed E-state index contributed by atoms with van der Waals surface area (Å²) in [6.45, 7) is 5.33. The van der Waals surface area contributed by atoms with E-state index in [4.69, 9.17) is 18.5 Å². The topological polar surface area (TPSA) is 94.1 Å². The minimum absolute atomic E-state index is 0.0229. The van der Waals surface area contributed by atoms with Crippen molar-refractivity contribution in [1.29, 1.82) is 0 Å². The average molecular weight is 1000 g/mol. The van der Waals surface area contributed by atoms with Gasteiger partial charge in [-0.2, -0.15) is 0 Å². The number of rotatable bonds is 55. The van der Waals surface area contributed by atoms with Crippen LogP contribution in [0.25, 0.3) is 0 Å². The first-order valence-electron chi connectivity index (χ1n) is 29.5. The maximum Gasteiger partial charge on any atom is 0.306 e. The van der Waals surface area contributed by atoms with E-state index in [9.17, 15) is 14.3 Å². The number of quaternary nitrogens is 1. The van der Waals surface area contributed by atoms with Crippen LogP contribution in [-0.4, -0.2) is 70.7 Å². The molecule has 2 unspecified atom stereocenters. The number of esters is 1. The van der Waals surface area contributed by atoms with Crippen molar-refractivity contribution in [2.75, 3.05) is 54.1 Å². The van der Waals surface area contributed by atoms with Crippen LogP contribution in [0, 0.1) is 0 Å². The molecule has 0 aliphatic rings. The number of hydrogen-bond acceptors (Lipinski definition) is 7. The summed E-state index contributed by atoms with van der Waals surface area (Å²) in [5.41, 5.74) is 0. The van der Waals surface area contributed by atoms with Crippen LogP contribution in [0.3, 0.4) is 0 Å². The molecule has 0 bridgehead atoms. The van der Waals surface area contributed by atoms with Gasteiger partial charge in [0.1, 0.15) is 19.3 Å². The Kier molecular flexibility index (Phi) is 52.1. The second kappa shape index (κ2) is 53.5. The van der Waals surface area contributed by atoms with Crippen LogP contribution < -0.4 is 4.89 Å². The highest BCUT2D eigenvalue weighted by Gasteiger charge is 2.20. The zero-order chi connectivity index (χ0) is 51.2. The Hall–Kier alpha value is -1.80. The van der Waals surface area contributed by atoms with Gasteiger partial charge in [0.05, 0.1) is 34.4 Å². The van der Waals surface area contributed by atoms with Gasteiger partial charge in [-0.15, -0.1) is 0 Å². The molecule has 410 valence electrons. The fraction of sp³-hybridized carbons (Fsp3) is 0.820. The highest BCUT2D eigenvalue weighted by molar-refractivity contribution is 7.45. The van der Waals surface area contributed by atoms with E-state index < -0.39 is 13.9 Å². The predicted molar refractivity (Wildman–Crippen MR) is 300 cm³/mol. The van der Waals surface area contributed by atoms with Crippen molar-refractivity contribution in [3.8, 4) is 0 Å². The van der Waals surface area contributed by atoms with Gasteiger partial charge in [-0.05, 0) is 57.8 Å². The number of carbonyl (C=O) groups excluding carboxylic acids is 1. The second-order valence-electron chi connectivity index (χ2n) is 21.0. The van der Waals surface area contributed by atoms with E-state index in [1.807, 2.05) is 21.1 Å². The molecule has 70 heavy (non-hydrogen) atoms. The minimum Gasteiger partial charge on any atom is -0.756 e. The summed E-state index contributed by atoms with van der Waals surface area (Å²) in [4.78, 5) is 25.3. The van der Waals surface area contributed by atoms with Crippen LogP contribution >= 0.6 is 7.82 Å². The number of likely N-dealkylation sites (N-methyl/N-ethyl adjacent to an activating group) is 1. The lowest BCUT2D eigenvalue weighted by Gasteiger charge is -2.28. The van der Waals surface area contributed by atoms with Crippen molar-refractivity contribution in [2.45, 2.75) is 270 Å². The fourth-order valence-electron chi connectivity index (χ4n) is 8.34. The van der Waals surface area contributed by atoms with Crippen molar-refractivity contribution in [2.24, 2.45) is 0 Å². The van der Waals surface area contributed by atoms with E-state index in [1.54, 1.807) is 0 Å². The molecule has 0 aromatic carbocycles. The molecule has 2 atom stereocenters. The molecule has 0 saturated carbocycles. The molecular weight excluding hydrogens is 890 g/mol. The summed E-state index contributed by atoms with van der Waals surface area (Å²) in [5, 5.41) is 0. The fourth-order valence-corrected chi connectivity index (χ4v) is 9.07. The first kappa shape index (κ1) is 68.2. The second-order valence-corrected chi connectivity index (χ2v) is 22.4. The largest absolute Gasteiger partial charge is 0.756 e. The van der Waals surface area contributed by atoms with E-state index in [0.29, 0.717) is 24.1 Å². The molecule has 8 nitrogen and oxygen atoms in total. The Morgan fingerprint density at radius 2 is 0.829 bits per heavy atom. The summed E-state index contributed by atoms with van der Waals surface area (Å²) >= 11 is 0. The van der Waals surface area contributed by atoms with E-state index >= 15 is 0 Å². The molecule has 0 saturated heterocycles. The third kappa shape index (κ3) is 57.1. The van der Waals surface area contributed by atoms with Gasteiger partial charge in [-0.1, -0.05) is 261 Å². The molecule has 0 N–H and O–H groups in total. The normalized spacial score (nSPS) is 13.9. The van der Waals surface area contributed by atoms with Crippen LogP contribution in [-0.2, 0) is 27.9 Å². The summed E-state index contributed by atoms with van der Waals surface area (Å²) in [7, 11) is 1.35. The number of allylic oxidation sites excluding steroid dienone is 10. The maximum atomic E-state index is 12.8. The maximum absolute atomic E-state index is 12.8. The number of nitrogens with zero attached hydrogens (tertiary/aromatic N) is 1. The molecule has 0 rings (SSSR count). The van der Waals surface area contributed by atoms with Crippen LogP contribution in [0.1, 0.15) is 264 Å². The van der Waals surface area contributed by atoms with Crippen LogP contribution in [0.4, 0.5) is 0 Å². The third-order valence-corrected chi connectivity index (χ3v) is 13.8. The Balaban J connectivity index is 4.07. The third-order valence-electron chi connectivity index (χ3n) is 12.8. The summed E-state index contributed by atoms with van der Waals surface area (Å²) < 4.78 is 34.9. The molecule has 0 heterocycles. The molecule has 0 spiro atoms. The molecular formula is C61H114NO7P. The summed E-state index contributed by atoms with van der Waals surface area (Å²) in [6, 6.07) is 0. The average Bonchev–Trinajstić information content (AvgIpc) is 3.32. The monoisotopic (exact) mass is 1000 g/mol. The molecule has 0 aliphatic heterocycles. The number of phosphoric ester groups is 1. The lowest BCUT2D eigenvalue weighted by atomic mass is 10.0. The van der Waals surface area contributed by atoms with Gasteiger partial charge in [-0.3, -0.25) is 9.36 Å². The molecule has 0 fully saturated rings. The molecule has 0 amide bonds. The van der Waals surface area contributed by atoms with Crippen LogP contribution in [0.15, 0.2) is 60.8 Å². The standard InChI is InChI=1S/C61H114NO7P/c1-6-8-10-12-14-16-18-20-22-24-26-28-30-31-33-35-37-39-41-43-45-47-49-51-53-56-66-58-60(59-68-70(64,65)67-57-55-62(3,4)5)69-61(63)54-52-50-48-46-44-42-40-38-36-34-32-29-27-25-23-21-19-17-15-13-11-9-7-2/h9,11,15,17,21,23,27,29,34,36,60H,6-8,10,12-14,16,18-20,22,24-26,28,30-33,35,37-59H2,1-5H3/b11-9-,17-15-,23-21-,29-27-,36-34-. The van der Waals surface area contributed by atoms with Crippen molar-refractivity contribution in [1.82, 2.24) is 0 Å².